The van der Waals surface area contributed by atoms with Crippen LogP contribution in [0.3, 0.4) is 0 Å². The molecule has 0 fully saturated rings. The fourth-order valence-electron chi connectivity index (χ4n) is 3.40. The van der Waals surface area contributed by atoms with Gasteiger partial charge in [0, 0.05) is 43.9 Å². The molecule has 0 aliphatic rings. The highest BCUT2D eigenvalue weighted by molar-refractivity contribution is 5.92. The van der Waals surface area contributed by atoms with Crippen LogP contribution in [0.4, 0.5) is 21.8 Å². The molecule has 0 unspecified atom stereocenters. The SMILES string of the molecule is CCCNc1nc(Nc2cccc(F)c2)ncc1C#CC(C)(C)CCNC(=O)[C@H](C)N(C)C(=O)C=CCN(C)C. The number of carbonyl (C=O) groups excluding carboxylic acids is 2. The molecular formula is C30H42FN7O2. The summed E-state index contributed by atoms with van der Waals surface area (Å²) in [5.41, 5.74) is 0.786. The predicted molar refractivity (Wildman–Crippen MR) is 159 cm³/mol. The van der Waals surface area contributed by atoms with Crippen LogP contribution in [-0.2, 0) is 9.59 Å². The molecule has 2 rings (SSSR count). The van der Waals surface area contributed by atoms with Crippen molar-refractivity contribution in [3.63, 3.8) is 0 Å². The largest absolute Gasteiger partial charge is 0.369 e. The van der Waals surface area contributed by atoms with Crippen molar-refractivity contribution >= 4 is 29.3 Å². The number of rotatable bonds is 13. The van der Waals surface area contributed by atoms with Crippen LogP contribution < -0.4 is 16.0 Å². The smallest absolute Gasteiger partial charge is 0.246 e. The number of anilines is 3. The minimum atomic E-state index is -0.602. The lowest BCUT2D eigenvalue weighted by atomic mass is 9.90. The molecule has 9 nitrogen and oxygen atoms in total. The van der Waals surface area contributed by atoms with Gasteiger partial charge < -0.3 is 25.8 Å². The molecular weight excluding hydrogens is 509 g/mol. The predicted octanol–water partition coefficient (Wildman–Crippen LogP) is 4.03. The first-order valence-corrected chi connectivity index (χ1v) is 13.4. The van der Waals surface area contributed by atoms with Gasteiger partial charge >= 0.3 is 0 Å². The second kappa shape index (κ2) is 15.6. The molecule has 3 N–H and O–H groups in total. The Morgan fingerprint density at radius 1 is 1.20 bits per heavy atom. The van der Waals surface area contributed by atoms with Crippen LogP contribution in [0, 0.1) is 23.1 Å². The number of halogens is 1. The Morgan fingerprint density at radius 2 is 1.95 bits per heavy atom. The highest BCUT2D eigenvalue weighted by atomic mass is 19.1. The van der Waals surface area contributed by atoms with E-state index >= 15 is 0 Å². The quantitative estimate of drug-likeness (QED) is 0.255. The highest BCUT2D eigenvalue weighted by Crippen LogP contribution is 2.21. The fraction of sp³-hybridized carbons (Fsp3) is 0.467. The third-order valence-corrected chi connectivity index (χ3v) is 6.04. The van der Waals surface area contributed by atoms with Crippen molar-refractivity contribution in [3.8, 4) is 11.8 Å². The average Bonchev–Trinajstić information content (AvgIpc) is 2.90. The lowest BCUT2D eigenvalue weighted by Gasteiger charge is -2.24. The van der Waals surface area contributed by atoms with Crippen LogP contribution in [0.15, 0.2) is 42.6 Å². The third kappa shape index (κ3) is 11.0. The van der Waals surface area contributed by atoms with Crippen molar-refractivity contribution in [3.05, 3.63) is 54.0 Å². The summed E-state index contributed by atoms with van der Waals surface area (Å²) in [5.74, 6) is 6.60. The Balaban J connectivity index is 2.01. The number of benzene rings is 1. The molecule has 1 aromatic heterocycles. The van der Waals surface area contributed by atoms with E-state index in [0.29, 0.717) is 49.1 Å². The van der Waals surface area contributed by atoms with Gasteiger partial charge in [-0.1, -0.05) is 30.9 Å². The van der Waals surface area contributed by atoms with Crippen molar-refractivity contribution in [2.45, 2.75) is 46.6 Å². The molecule has 0 spiro atoms. The first-order valence-electron chi connectivity index (χ1n) is 13.4. The first-order chi connectivity index (χ1) is 18.9. The van der Waals surface area contributed by atoms with Crippen LogP contribution in [0.25, 0.3) is 0 Å². The van der Waals surface area contributed by atoms with Crippen molar-refractivity contribution < 1.29 is 14.0 Å². The minimum Gasteiger partial charge on any atom is -0.369 e. The molecule has 0 saturated carbocycles. The molecule has 0 radical (unpaired) electrons. The summed E-state index contributed by atoms with van der Waals surface area (Å²) >= 11 is 0. The fourth-order valence-corrected chi connectivity index (χ4v) is 3.40. The summed E-state index contributed by atoms with van der Waals surface area (Å²) in [6, 6.07) is 5.49. The molecule has 0 aliphatic heterocycles. The van der Waals surface area contributed by atoms with E-state index in [0.717, 1.165) is 6.42 Å². The standard InChI is InChI=1S/C30H42FN7O2/c1-8-17-32-27-23(21-34-29(36-27)35-25-12-9-11-24(31)20-25)14-15-30(3,4)16-18-33-28(40)22(2)38(7)26(39)13-10-19-37(5)6/h9-13,20-22H,8,16-19H2,1-7H3,(H,33,40)(H2,32,34,35,36)/t22-/m0/s1. The van der Waals surface area contributed by atoms with Gasteiger partial charge in [-0.3, -0.25) is 9.59 Å². The Kier molecular flexibility index (Phi) is 12.6. The number of amides is 2. The molecule has 1 atom stereocenters. The zero-order chi connectivity index (χ0) is 29.7. The van der Waals surface area contributed by atoms with E-state index in [-0.39, 0.29) is 17.6 Å². The number of likely N-dealkylation sites (N-methyl/N-ethyl adjacent to an activating group) is 2. The molecule has 40 heavy (non-hydrogen) atoms. The van der Waals surface area contributed by atoms with Gasteiger partial charge in [-0.25, -0.2) is 9.37 Å². The summed E-state index contributed by atoms with van der Waals surface area (Å²) in [5, 5.41) is 9.21. The molecule has 0 aliphatic carbocycles. The molecule has 1 heterocycles. The van der Waals surface area contributed by atoms with Crippen LogP contribution in [0.2, 0.25) is 0 Å². The number of nitrogens with zero attached hydrogens (tertiary/aromatic N) is 4. The highest BCUT2D eigenvalue weighted by Gasteiger charge is 2.22. The van der Waals surface area contributed by atoms with Crippen LogP contribution in [0.5, 0.6) is 0 Å². The van der Waals surface area contributed by atoms with Crippen molar-refractivity contribution in [1.29, 1.82) is 0 Å². The van der Waals surface area contributed by atoms with Crippen molar-refractivity contribution in [2.24, 2.45) is 5.41 Å². The molecule has 2 aromatic rings. The van der Waals surface area contributed by atoms with E-state index in [1.165, 1.54) is 23.1 Å². The van der Waals surface area contributed by atoms with Gasteiger partial charge in [-0.15, -0.1) is 0 Å². The van der Waals surface area contributed by atoms with E-state index in [1.54, 1.807) is 38.4 Å². The van der Waals surface area contributed by atoms with Gasteiger partial charge in [0.05, 0.1) is 11.8 Å². The number of nitrogens with one attached hydrogen (secondary N) is 3. The number of hydrogen-bond acceptors (Lipinski definition) is 7. The second-order valence-electron chi connectivity index (χ2n) is 10.5. The first kappa shape index (κ1) is 32.2. The van der Waals surface area contributed by atoms with Crippen molar-refractivity contribution in [2.75, 3.05) is 51.4 Å². The Morgan fingerprint density at radius 3 is 2.62 bits per heavy atom. The Labute approximate surface area is 237 Å². The summed E-state index contributed by atoms with van der Waals surface area (Å²) < 4.78 is 13.5. The van der Waals surface area contributed by atoms with E-state index in [4.69, 9.17) is 0 Å². The summed E-state index contributed by atoms with van der Waals surface area (Å²) in [7, 11) is 5.45. The van der Waals surface area contributed by atoms with Crippen LogP contribution >= 0.6 is 0 Å². The lowest BCUT2D eigenvalue weighted by molar-refractivity contribution is -0.135. The number of hydrogen-bond donors (Lipinski definition) is 3. The lowest BCUT2D eigenvalue weighted by Crippen LogP contribution is -2.46. The number of aromatic nitrogens is 2. The Hall–Kier alpha value is -3.97. The van der Waals surface area contributed by atoms with Crippen molar-refractivity contribution in [1.82, 2.24) is 25.1 Å². The molecule has 1 aromatic carbocycles. The topological polar surface area (TPSA) is 102 Å². The maximum atomic E-state index is 13.5. The zero-order valence-electron chi connectivity index (χ0n) is 24.6. The van der Waals surface area contributed by atoms with E-state index in [2.05, 4.69) is 44.7 Å². The Bertz CT molecular complexity index is 1230. The summed E-state index contributed by atoms with van der Waals surface area (Å²) in [6.45, 7) is 9.53. The van der Waals surface area contributed by atoms with Crippen LogP contribution in [-0.4, -0.2) is 78.4 Å². The molecule has 10 heteroatoms. The van der Waals surface area contributed by atoms with Gasteiger partial charge in [-0.2, -0.15) is 4.98 Å². The van der Waals surface area contributed by atoms with Crippen LogP contribution in [0.1, 0.15) is 46.1 Å². The molecule has 2 amide bonds. The maximum Gasteiger partial charge on any atom is 0.246 e. The van der Waals surface area contributed by atoms with Gasteiger partial charge in [0.15, 0.2) is 0 Å². The monoisotopic (exact) mass is 551 g/mol. The van der Waals surface area contributed by atoms with E-state index in [9.17, 15) is 14.0 Å². The normalized spacial score (nSPS) is 12.0. The van der Waals surface area contributed by atoms with Gasteiger partial charge in [0.25, 0.3) is 0 Å². The molecule has 0 bridgehead atoms. The minimum absolute atomic E-state index is 0.220. The maximum absolute atomic E-state index is 13.5. The van der Waals surface area contributed by atoms with E-state index < -0.39 is 11.5 Å². The van der Waals surface area contributed by atoms with Gasteiger partial charge in [0.2, 0.25) is 17.8 Å². The van der Waals surface area contributed by atoms with Gasteiger partial charge in [-0.05, 0) is 65.9 Å². The summed E-state index contributed by atoms with van der Waals surface area (Å²) in [4.78, 5) is 37.2. The zero-order valence-corrected chi connectivity index (χ0v) is 24.6. The summed E-state index contributed by atoms with van der Waals surface area (Å²) in [6.07, 6.45) is 6.41. The second-order valence-corrected chi connectivity index (χ2v) is 10.5. The number of carbonyl (C=O) groups is 2. The molecule has 0 saturated heterocycles. The average molecular weight is 552 g/mol. The molecule has 216 valence electrons. The van der Waals surface area contributed by atoms with E-state index in [1.807, 2.05) is 32.8 Å². The van der Waals surface area contributed by atoms with Gasteiger partial charge in [0.1, 0.15) is 17.7 Å². The third-order valence-electron chi connectivity index (χ3n) is 6.04.